The lowest BCUT2D eigenvalue weighted by molar-refractivity contribution is -0.117. The van der Waals surface area contributed by atoms with Crippen LogP contribution in [-0.2, 0) is 18.3 Å². The molecule has 0 N–H and O–H groups in total. The number of hydrogen-bond donors (Lipinski definition) is 0. The van der Waals surface area contributed by atoms with Gasteiger partial charge >= 0.3 is 0 Å². The minimum Gasteiger partial charge on any atom is -0.319 e. The average Bonchev–Trinajstić information content (AvgIpc) is 2.92. The fourth-order valence-electron chi connectivity index (χ4n) is 3.26. The molecule has 0 aliphatic heterocycles. The second-order valence-electron chi connectivity index (χ2n) is 6.19. The van der Waals surface area contributed by atoms with E-state index in [0.29, 0.717) is 6.42 Å². The Bertz CT molecular complexity index is 1160. The summed E-state index contributed by atoms with van der Waals surface area (Å²) in [5.74, 6) is -0.115. The number of benzene rings is 3. The molecule has 4 rings (SSSR count). The third-order valence-corrected chi connectivity index (χ3v) is 5.56. The summed E-state index contributed by atoms with van der Waals surface area (Å²) in [7, 11) is 1.97. The van der Waals surface area contributed by atoms with E-state index in [0.717, 1.165) is 31.4 Å². The minimum absolute atomic E-state index is 0.115. The Balaban J connectivity index is 1.74. The fraction of sp³-hybridized carbons (Fsp3) is 0.143. The van der Waals surface area contributed by atoms with Crippen LogP contribution in [0, 0.1) is 6.92 Å². The van der Waals surface area contributed by atoms with Crippen LogP contribution in [0.3, 0.4) is 0 Å². The Morgan fingerprint density at radius 3 is 2.64 bits per heavy atom. The van der Waals surface area contributed by atoms with Crippen molar-refractivity contribution in [3.8, 4) is 0 Å². The molecule has 0 fully saturated rings. The SMILES string of the molecule is Cc1cccc2sc(=NC(=O)Cc3cccc4ccccc34)n(C)c12. The van der Waals surface area contributed by atoms with Crippen molar-refractivity contribution in [1.29, 1.82) is 0 Å². The van der Waals surface area contributed by atoms with Gasteiger partial charge in [0.25, 0.3) is 5.91 Å². The van der Waals surface area contributed by atoms with Crippen molar-refractivity contribution in [2.45, 2.75) is 13.3 Å². The second kappa shape index (κ2) is 6.30. The van der Waals surface area contributed by atoms with Crippen LogP contribution in [0.15, 0.2) is 65.7 Å². The smallest absolute Gasteiger partial charge is 0.252 e. The Morgan fingerprint density at radius 2 is 1.80 bits per heavy atom. The first-order valence-corrected chi connectivity index (χ1v) is 9.04. The third-order valence-electron chi connectivity index (χ3n) is 4.47. The largest absolute Gasteiger partial charge is 0.319 e. The number of rotatable bonds is 2. The molecular formula is C21H18N2OS. The van der Waals surface area contributed by atoms with Gasteiger partial charge in [0.2, 0.25) is 0 Å². The van der Waals surface area contributed by atoms with Crippen LogP contribution >= 0.6 is 11.3 Å². The molecule has 0 saturated heterocycles. The maximum Gasteiger partial charge on any atom is 0.252 e. The second-order valence-corrected chi connectivity index (χ2v) is 7.19. The molecule has 0 unspecified atom stereocenters. The lowest BCUT2D eigenvalue weighted by atomic mass is 10.0. The van der Waals surface area contributed by atoms with E-state index in [2.05, 4.69) is 42.2 Å². The van der Waals surface area contributed by atoms with Crippen LogP contribution in [0.25, 0.3) is 21.0 Å². The maximum absolute atomic E-state index is 12.6. The third kappa shape index (κ3) is 2.89. The first kappa shape index (κ1) is 15.8. The predicted molar refractivity (Wildman–Crippen MR) is 104 cm³/mol. The van der Waals surface area contributed by atoms with Crippen molar-refractivity contribution in [2.75, 3.05) is 0 Å². The molecule has 0 atom stereocenters. The molecule has 25 heavy (non-hydrogen) atoms. The summed E-state index contributed by atoms with van der Waals surface area (Å²) in [6.45, 7) is 2.08. The lowest BCUT2D eigenvalue weighted by Gasteiger charge is -2.04. The summed E-state index contributed by atoms with van der Waals surface area (Å²) in [5, 5.41) is 2.26. The Labute approximate surface area is 149 Å². The van der Waals surface area contributed by atoms with Crippen molar-refractivity contribution in [3.05, 3.63) is 76.6 Å². The molecule has 1 heterocycles. The first-order valence-electron chi connectivity index (χ1n) is 8.23. The van der Waals surface area contributed by atoms with Crippen molar-refractivity contribution in [3.63, 3.8) is 0 Å². The number of carbonyl (C=O) groups excluding carboxylic acids is 1. The standard InChI is InChI=1S/C21H18N2OS/c1-14-7-5-12-18-20(14)23(2)21(25-18)22-19(24)13-16-10-6-9-15-8-3-4-11-17(15)16/h3-12H,13H2,1-2H3. The number of amides is 1. The highest BCUT2D eigenvalue weighted by atomic mass is 32.1. The normalized spacial score (nSPS) is 12.2. The number of carbonyl (C=O) groups is 1. The number of thiazole rings is 1. The van der Waals surface area contributed by atoms with E-state index in [-0.39, 0.29) is 5.91 Å². The zero-order valence-corrected chi connectivity index (χ0v) is 15.0. The molecule has 0 aliphatic rings. The highest BCUT2D eigenvalue weighted by Gasteiger charge is 2.09. The summed E-state index contributed by atoms with van der Waals surface area (Å²) < 4.78 is 3.16. The highest BCUT2D eigenvalue weighted by Crippen LogP contribution is 2.21. The summed E-state index contributed by atoms with van der Waals surface area (Å²) in [6, 6.07) is 20.4. The number of aromatic nitrogens is 1. The monoisotopic (exact) mass is 346 g/mol. The molecule has 1 amide bonds. The number of fused-ring (bicyclic) bond motifs is 2. The number of aryl methyl sites for hydroxylation is 2. The molecule has 4 heteroatoms. The van der Waals surface area contributed by atoms with Crippen molar-refractivity contribution in [2.24, 2.45) is 12.0 Å². The molecule has 124 valence electrons. The highest BCUT2D eigenvalue weighted by molar-refractivity contribution is 7.16. The van der Waals surface area contributed by atoms with E-state index < -0.39 is 0 Å². The van der Waals surface area contributed by atoms with E-state index in [9.17, 15) is 4.79 Å². The molecule has 0 bridgehead atoms. The van der Waals surface area contributed by atoms with E-state index in [1.165, 1.54) is 5.56 Å². The van der Waals surface area contributed by atoms with Crippen molar-refractivity contribution in [1.82, 2.24) is 4.57 Å². The van der Waals surface area contributed by atoms with E-state index in [1.54, 1.807) is 11.3 Å². The molecule has 0 saturated carbocycles. The van der Waals surface area contributed by atoms with Gasteiger partial charge in [-0.3, -0.25) is 4.79 Å². The Morgan fingerprint density at radius 1 is 1.04 bits per heavy atom. The van der Waals surface area contributed by atoms with Gasteiger partial charge in [-0.1, -0.05) is 65.9 Å². The number of nitrogens with zero attached hydrogens (tertiary/aromatic N) is 2. The quantitative estimate of drug-likeness (QED) is 0.531. The van der Waals surface area contributed by atoms with Crippen LogP contribution < -0.4 is 4.80 Å². The molecule has 0 radical (unpaired) electrons. The summed E-state index contributed by atoms with van der Waals surface area (Å²) >= 11 is 1.56. The zero-order chi connectivity index (χ0) is 17.4. The zero-order valence-electron chi connectivity index (χ0n) is 14.2. The van der Waals surface area contributed by atoms with Crippen LogP contribution in [0.1, 0.15) is 11.1 Å². The van der Waals surface area contributed by atoms with Gasteiger partial charge in [-0.2, -0.15) is 4.99 Å². The summed E-state index contributed by atoms with van der Waals surface area (Å²) in [4.78, 5) is 17.7. The van der Waals surface area contributed by atoms with Gasteiger partial charge in [-0.25, -0.2) is 0 Å². The first-order chi connectivity index (χ1) is 12.1. The van der Waals surface area contributed by atoms with E-state index in [1.807, 2.05) is 41.9 Å². The van der Waals surface area contributed by atoms with Crippen LogP contribution in [0.5, 0.6) is 0 Å². The van der Waals surface area contributed by atoms with Crippen LogP contribution in [0.2, 0.25) is 0 Å². The maximum atomic E-state index is 12.6. The fourth-order valence-corrected chi connectivity index (χ4v) is 4.37. The molecular weight excluding hydrogens is 328 g/mol. The number of para-hydroxylation sites is 1. The average molecular weight is 346 g/mol. The molecule has 3 nitrogen and oxygen atoms in total. The topological polar surface area (TPSA) is 34.4 Å². The minimum atomic E-state index is -0.115. The molecule has 4 aromatic rings. The van der Waals surface area contributed by atoms with Crippen LogP contribution in [-0.4, -0.2) is 10.5 Å². The van der Waals surface area contributed by atoms with Gasteiger partial charge in [0.1, 0.15) is 0 Å². The molecule has 3 aromatic carbocycles. The van der Waals surface area contributed by atoms with Gasteiger partial charge in [0, 0.05) is 7.05 Å². The van der Waals surface area contributed by atoms with Crippen LogP contribution in [0.4, 0.5) is 0 Å². The van der Waals surface area contributed by atoms with Gasteiger partial charge < -0.3 is 4.57 Å². The van der Waals surface area contributed by atoms with Gasteiger partial charge in [-0.15, -0.1) is 0 Å². The summed E-state index contributed by atoms with van der Waals surface area (Å²) in [5.41, 5.74) is 3.36. The Hall–Kier alpha value is -2.72. The predicted octanol–water partition coefficient (Wildman–Crippen LogP) is 4.37. The number of hydrogen-bond acceptors (Lipinski definition) is 2. The molecule has 0 spiro atoms. The van der Waals surface area contributed by atoms with E-state index >= 15 is 0 Å². The molecule has 1 aromatic heterocycles. The lowest BCUT2D eigenvalue weighted by Crippen LogP contribution is -2.14. The van der Waals surface area contributed by atoms with Crippen molar-refractivity contribution >= 4 is 38.2 Å². The Kier molecular flexibility index (Phi) is 3.98. The van der Waals surface area contributed by atoms with E-state index in [4.69, 9.17) is 0 Å². The molecule has 0 aliphatic carbocycles. The van der Waals surface area contributed by atoms with Crippen molar-refractivity contribution < 1.29 is 4.79 Å². The summed E-state index contributed by atoms with van der Waals surface area (Å²) in [6.07, 6.45) is 0.314. The van der Waals surface area contributed by atoms with Gasteiger partial charge in [0.05, 0.1) is 16.6 Å². The van der Waals surface area contributed by atoms with Gasteiger partial charge in [-0.05, 0) is 34.9 Å². The van der Waals surface area contributed by atoms with Gasteiger partial charge in [0.15, 0.2) is 4.80 Å².